The zero-order valence-corrected chi connectivity index (χ0v) is 19.5. The van der Waals surface area contributed by atoms with Gasteiger partial charge in [-0.2, -0.15) is 4.39 Å². The molecule has 0 unspecified atom stereocenters. The van der Waals surface area contributed by atoms with Gasteiger partial charge in [-0.25, -0.2) is 8.78 Å². The van der Waals surface area contributed by atoms with E-state index in [2.05, 4.69) is 0 Å². The van der Waals surface area contributed by atoms with Crippen LogP contribution in [0, 0.1) is 17.5 Å². The Kier molecular flexibility index (Phi) is 7.60. The van der Waals surface area contributed by atoms with Gasteiger partial charge in [-0.3, -0.25) is 0 Å². The third kappa shape index (κ3) is 5.60. The normalized spacial score (nSPS) is 10.8. The summed E-state index contributed by atoms with van der Waals surface area (Å²) in [4.78, 5) is 0. The van der Waals surface area contributed by atoms with Crippen molar-refractivity contribution in [3.63, 3.8) is 0 Å². The Balaban J connectivity index is 1.44. The number of benzene rings is 4. The Labute approximate surface area is 202 Å². The third-order valence-corrected chi connectivity index (χ3v) is 5.43. The highest BCUT2D eigenvalue weighted by molar-refractivity contribution is 5.66. The van der Waals surface area contributed by atoms with Crippen molar-refractivity contribution in [1.29, 1.82) is 0 Å². The molecule has 0 aliphatic heterocycles. The van der Waals surface area contributed by atoms with Crippen molar-refractivity contribution >= 4 is 0 Å². The first-order valence-electron chi connectivity index (χ1n) is 11.4. The van der Waals surface area contributed by atoms with Crippen molar-refractivity contribution in [2.45, 2.75) is 20.5 Å². The van der Waals surface area contributed by atoms with E-state index in [1.54, 1.807) is 60.7 Å². The molecule has 0 amide bonds. The minimum absolute atomic E-state index is 0.0325. The minimum atomic E-state index is -1.05. The molecule has 0 aliphatic carbocycles. The lowest BCUT2D eigenvalue weighted by Crippen LogP contribution is -2.00. The Morgan fingerprint density at radius 2 is 1.14 bits per heavy atom. The highest BCUT2D eigenvalue weighted by Gasteiger charge is 2.16. The number of ether oxygens (including phenoxy) is 3. The molecule has 0 fully saturated rings. The van der Waals surface area contributed by atoms with Gasteiger partial charge in [-0.1, -0.05) is 36.4 Å². The van der Waals surface area contributed by atoms with Gasteiger partial charge in [-0.15, -0.1) is 0 Å². The van der Waals surface area contributed by atoms with Crippen LogP contribution < -0.4 is 14.2 Å². The first-order chi connectivity index (χ1) is 17.0. The lowest BCUT2D eigenvalue weighted by atomic mass is 10.0. The molecule has 0 saturated carbocycles. The average Bonchev–Trinajstić information content (AvgIpc) is 2.87. The zero-order valence-electron chi connectivity index (χ0n) is 19.5. The molecule has 0 spiro atoms. The van der Waals surface area contributed by atoms with E-state index in [-0.39, 0.29) is 23.7 Å². The summed E-state index contributed by atoms with van der Waals surface area (Å²) < 4.78 is 60.1. The molecule has 0 bridgehead atoms. The number of hydrogen-bond donors (Lipinski definition) is 0. The predicted octanol–water partition coefficient (Wildman–Crippen LogP) is 7.81. The van der Waals surface area contributed by atoms with Crippen LogP contribution in [0.2, 0.25) is 0 Å². The van der Waals surface area contributed by atoms with Crippen LogP contribution in [0.15, 0.2) is 78.9 Å². The van der Waals surface area contributed by atoms with Gasteiger partial charge in [0, 0.05) is 17.2 Å². The van der Waals surface area contributed by atoms with Crippen molar-refractivity contribution in [1.82, 2.24) is 0 Å². The van der Waals surface area contributed by atoms with E-state index in [1.165, 1.54) is 18.2 Å². The molecule has 0 atom stereocenters. The Morgan fingerprint density at radius 1 is 0.571 bits per heavy atom. The van der Waals surface area contributed by atoms with E-state index in [1.807, 2.05) is 13.8 Å². The molecule has 3 nitrogen and oxygen atoms in total. The monoisotopic (exact) mass is 478 g/mol. The molecule has 6 heteroatoms. The van der Waals surface area contributed by atoms with Crippen LogP contribution in [0.1, 0.15) is 19.4 Å². The van der Waals surface area contributed by atoms with E-state index in [9.17, 15) is 13.2 Å². The maximum absolute atomic E-state index is 14.7. The fourth-order valence-electron chi connectivity index (χ4n) is 3.69. The smallest absolute Gasteiger partial charge is 0.201 e. The zero-order chi connectivity index (χ0) is 24.8. The van der Waals surface area contributed by atoms with Crippen LogP contribution >= 0.6 is 0 Å². The minimum Gasteiger partial charge on any atom is -0.494 e. The first kappa shape index (κ1) is 24.2. The van der Waals surface area contributed by atoms with Gasteiger partial charge in [0.05, 0.1) is 13.2 Å². The van der Waals surface area contributed by atoms with E-state index in [0.29, 0.717) is 41.4 Å². The van der Waals surface area contributed by atoms with E-state index >= 15 is 0 Å². The summed E-state index contributed by atoms with van der Waals surface area (Å²) in [6, 6.07) is 21.4. The Bertz CT molecular complexity index is 1290. The second kappa shape index (κ2) is 11.0. The molecule has 0 aromatic heterocycles. The maximum atomic E-state index is 14.7. The van der Waals surface area contributed by atoms with Crippen LogP contribution in [-0.4, -0.2) is 13.2 Å². The molecule has 180 valence electrons. The second-order valence-electron chi connectivity index (χ2n) is 7.76. The first-order valence-corrected chi connectivity index (χ1v) is 11.4. The van der Waals surface area contributed by atoms with Crippen molar-refractivity contribution < 1.29 is 27.4 Å². The van der Waals surface area contributed by atoms with Crippen LogP contribution in [0.3, 0.4) is 0 Å². The van der Waals surface area contributed by atoms with Gasteiger partial charge in [0.2, 0.25) is 5.82 Å². The standard InChI is InChI=1S/C29H25F3O3/c1-3-33-22-11-9-21(10-12-22)25-15-16-27(29(32)28(25)31)35-18-19-5-7-20(8-6-19)24-14-13-23(34-4-2)17-26(24)30/h5-17H,3-4,18H2,1-2H3. The molecule has 0 saturated heterocycles. The third-order valence-electron chi connectivity index (χ3n) is 5.43. The fourth-order valence-corrected chi connectivity index (χ4v) is 3.69. The molecular weight excluding hydrogens is 453 g/mol. The summed E-state index contributed by atoms with van der Waals surface area (Å²) in [5.74, 6) is -1.46. The molecule has 0 radical (unpaired) electrons. The molecule has 0 N–H and O–H groups in total. The van der Waals surface area contributed by atoms with E-state index < -0.39 is 11.6 Å². The number of halogens is 3. The van der Waals surface area contributed by atoms with E-state index in [0.717, 1.165) is 5.56 Å². The van der Waals surface area contributed by atoms with Crippen LogP contribution in [0.25, 0.3) is 22.3 Å². The lowest BCUT2D eigenvalue weighted by molar-refractivity contribution is 0.285. The summed E-state index contributed by atoms with van der Waals surface area (Å²) in [6.07, 6.45) is 0. The van der Waals surface area contributed by atoms with E-state index in [4.69, 9.17) is 14.2 Å². The highest BCUT2D eigenvalue weighted by Crippen LogP contribution is 2.32. The topological polar surface area (TPSA) is 27.7 Å². The Hall–Kier alpha value is -3.93. The molecule has 0 heterocycles. The predicted molar refractivity (Wildman–Crippen MR) is 130 cm³/mol. The summed E-state index contributed by atoms with van der Waals surface area (Å²) in [7, 11) is 0. The van der Waals surface area contributed by atoms with Crippen LogP contribution in [-0.2, 0) is 6.61 Å². The molecule has 4 rings (SSSR count). The highest BCUT2D eigenvalue weighted by atomic mass is 19.2. The van der Waals surface area contributed by atoms with Gasteiger partial charge in [-0.05, 0) is 66.9 Å². The van der Waals surface area contributed by atoms with Gasteiger partial charge >= 0.3 is 0 Å². The quantitative estimate of drug-likeness (QED) is 0.246. The molecule has 4 aromatic rings. The van der Waals surface area contributed by atoms with Crippen LogP contribution in [0.5, 0.6) is 17.2 Å². The lowest BCUT2D eigenvalue weighted by Gasteiger charge is -2.12. The van der Waals surface area contributed by atoms with Gasteiger partial charge in [0.15, 0.2) is 11.6 Å². The maximum Gasteiger partial charge on any atom is 0.201 e. The molecule has 0 aliphatic rings. The largest absolute Gasteiger partial charge is 0.494 e. The SMILES string of the molecule is CCOc1ccc(-c2ccc(OCc3ccc(-c4ccc(OCC)cc4F)cc3)c(F)c2F)cc1. The number of hydrogen-bond acceptors (Lipinski definition) is 3. The summed E-state index contributed by atoms with van der Waals surface area (Å²) in [5, 5.41) is 0. The van der Waals surface area contributed by atoms with Gasteiger partial charge in [0.25, 0.3) is 0 Å². The molecule has 4 aromatic carbocycles. The van der Waals surface area contributed by atoms with Gasteiger partial charge in [0.1, 0.15) is 23.9 Å². The number of rotatable bonds is 9. The van der Waals surface area contributed by atoms with Crippen molar-refractivity contribution in [3.05, 3.63) is 102 Å². The summed E-state index contributed by atoms with van der Waals surface area (Å²) >= 11 is 0. The average molecular weight is 479 g/mol. The van der Waals surface area contributed by atoms with Crippen molar-refractivity contribution in [2.75, 3.05) is 13.2 Å². The van der Waals surface area contributed by atoms with Crippen molar-refractivity contribution in [2.24, 2.45) is 0 Å². The fraction of sp³-hybridized carbons (Fsp3) is 0.172. The molecule has 35 heavy (non-hydrogen) atoms. The van der Waals surface area contributed by atoms with Crippen LogP contribution in [0.4, 0.5) is 13.2 Å². The summed E-state index contributed by atoms with van der Waals surface area (Å²) in [5.41, 5.74) is 2.54. The van der Waals surface area contributed by atoms with Crippen molar-refractivity contribution in [3.8, 4) is 39.5 Å². The second-order valence-corrected chi connectivity index (χ2v) is 7.76. The Morgan fingerprint density at radius 3 is 1.80 bits per heavy atom. The summed E-state index contributed by atoms with van der Waals surface area (Å²) in [6.45, 7) is 4.73. The van der Waals surface area contributed by atoms with Gasteiger partial charge < -0.3 is 14.2 Å². The molecular formula is C29H25F3O3.